The Morgan fingerprint density at radius 3 is 2.69 bits per heavy atom. The van der Waals surface area contributed by atoms with Crippen molar-refractivity contribution < 1.29 is 19.7 Å². The van der Waals surface area contributed by atoms with E-state index in [-0.39, 0.29) is 24.2 Å². The quantitative estimate of drug-likeness (QED) is 0.492. The van der Waals surface area contributed by atoms with Crippen LogP contribution in [-0.2, 0) is 11.2 Å². The Balaban J connectivity index is 1.51. The number of anilines is 1. The molecule has 0 spiro atoms. The SMILES string of the molecule is CCCc1cc(Cl)ccc1C1COc2ccc3cc2N(C1)CC1CCC1C(O)C/C=C\CN(C)C(=O)CC3O. The molecule has 3 aliphatic rings. The van der Waals surface area contributed by atoms with Gasteiger partial charge in [0.15, 0.2) is 0 Å². The standard InChI is InChI=1S/C32H41ClN2O4/c1-3-6-21-15-25(33)10-12-26(21)24-19-35-18-23-8-11-27(23)29(36)7-4-5-14-34(2)32(38)17-30(37)22-9-13-31(39-20-24)28(35)16-22/h4-5,9-10,12-13,15-16,23-24,27,29-30,36-37H,3,6-8,11,14,17-20H2,1-2H3/b5-4-. The van der Waals surface area contributed by atoms with E-state index in [1.54, 1.807) is 11.9 Å². The average molecular weight is 553 g/mol. The molecule has 6 nitrogen and oxygen atoms in total. The van der Waals surface area contributed by atoms with E-state index in [2.05, 4.69) is 24.0 Å². The Morgan fingerprint density at radius 1 is 1.08 bits per heavy atom. The number of aliphatic hydroxyl groups excluding tert-OH is 2. The highest BCUT2D eigenvalue weighted by Crippen LogP contribution is 2.43. The highest BCUT2D eigenvalue weighted by molar-refractivity contribution is 6.30. The van der Waals surface area contributed by atoms with Crippen molar-refractivity contribution in [1.82, 2.24) is 4.90 Å². The third-order valence-corrected chi connectivity index (χ3v) is 9.03. The molecule has 2 N–H and O–H groups in total. The molecule has 1 saturated carbocycles. The number of aryl methyl sites for hydroxylation is 1. The van der Waals surface area contributed by atoms with E-state index in [1.165, 1.54) is 11.1 Å². The summed E-state index contributed by atoms with van der Waals surface area (Å²) in [5, 5.41) is 22.8. The zero-order chi connectivity index (χ0) is 27.5. The third-order valence-electron chi connectivity index (χ3n) is 8.80. The number of carbonyl (C=O) groups excluding carboxylic acids is 1. The van der Waals surface area contributed by atoms with Gasteiger partial charge in [-0.1, -0.05) is 49.2 Å². The van der Waals surface area contributed by atoms with Crippen LogP contribution >= 0.6 is 11.6 Å². The summed E-state index contributed by atoms with van der Waals surface area (Å²) in [5.41, 5.74) is 4.20. The second-order valence-corrected chi connectivity index (χ2v) is 11.9. The summed E-state index contributed by atoms with van der Waals surface area (Å²) >= 11 is 6.38. The Hall–Kier alpha value is -2.54. The van der Waals surface area contributed by atoms with Crippen molar-refractivity contribution in [2.75, 3.05) is 38.2 Å². The fraction of sp³-hybridized carbons (Fsp3) is 0.531. The highest BCUT2D eigenvalue weighted by Gasteiger charge is 2.38. The first kappa shape index (κ1) is 28.0. The normalized spacial score (nSPS) is 28.6. The minimum Gasteiger partial charge on any atom is -0.491 e. The zero-order valence-corrected chi connectivity index (χ0v) is 23.8. The van der Waals surface area contributed by atoms with Crippen molar-refractivity contribution >= 4 is 23.2 Å². The van der Waals surface area contributed by atoms with Crippen molar-refractivity contribution in [3.05, 3.63) is 70.3 Å². The predicted octanol–water partition coefficient (Wildman–Crippen LogP) is 5.50. The summed E-state index contributed by atoms with van der Waals surface area (Å²) in [4.78, 5) is 16.8. The molecule has 0 radical (unpaired) electrons. The number of likely N-dealkylation sites (N-methyl/N-ethyl adjacent to an activating group) is 1. The van der Waals surface area contributed by atoms with Crippen molar-refractivity contribution in [1.29, 1.82) is 0 Å². The van der Waals surface area contributed by atoms with Crippen molar-refractivity contribution in [3.8, 4) is 5.75 Å². The van der Waals surface area contributed by atoms with E-state index in [1.807, 2.05) is 36.4 Å². The van der Waals surface area contributed by atoms with Crippen molar-refractivity contribution in [3.63, 3.8) is 0 Å². The Labute approximate surface area is 237 Å². The van der Waals surface area contributed by atoms with Gasteiger partial charge in [0.2, 0.25) is 5.91 Å². The van der Waals surface area contributed by atoms with E-state index >= 15 is 0 Å². The van der Waals surface area contributed by atoms with Gasteiger partial charge in [-0.2, -0.15) is 0 Å². The second-order valence-electron chi connectivity index (χ2n) is 11.5. The second kappa shape index (κ2) is 12.3. The number of hydrogen-bond donors (Lipinski definition) is 2. The van der Waals surface area contributed by atoms with E-state index in [0.717, 1.165) is 55.2 Å². The first-order valence-corrected chi connectivity index (χ1v) is 14.8. The summed E-state index contributed by atoms with van der Waals surface area (Å²) < 4.78 is 6.43. The van der Waals surface area contributed by atoms with Gasteiger partial charge in [-0.05, 0) is 78.5 Å². The Morgan fingerprint density at radius 2 is 1.92 bits per heavy atom. The maximum atomic E-state index is 12.8. The number of halogens is 1. The molecule has 2 aromatic rings. The maximum absolute atomic E-state index is 12.8. The van der Waals surface area contributed by atoms with Gasteiger partial charge in [0.25, 0.3) is 0 Å². The lowest BCUT2D eigenvalue weighted by Crippen LogP contribution is -2.44. The van der Waals surface area contributed by atoms with Gasteiger partial charge in [0.1, 0.15) is 5.75 Å². The van der Waals surface area contributed by atoms with Crippen LogP contribution in [0.25, 0.3) is 0 Å². The number of benzene rings is 2. The van der Waals surface area contributed by atoms with Gasteiger partial charge >= 0.3 is 0 Å². The summed E-state index contributed by atoms with van der Waals surface area (Å²) in [6, 6.07) is 12.0. The molecule has 5 unspecified atom stereocenters. The van der Waals surface area contributed by atoms with Crippen LogP contribution < -0.4 is 9.64 Å². The lowest BCUT2D eigenvalue weighted by molar-refractivity contribution is -0.131. The molecular formula is C32H41ClN2O4. The van der Waals surface area contributed by atoms with Crippen LogP contribution in [0.5, 0.6) is 5.75 Å². The van der Waals surface area contributed by atoms with Gasteiger partial charge < -0.3 is 24.7 Å². The van der Waals surface area contributed by atoms with Crippen LogP contribution in [0.15, 0.2) is 48.6 Å². The number of aliphatic hydroxyl groups is 2. The van der Waals surface area contributed by atoms with E-state index in [4.69, 9.17) is 16.3 Å². The molecule has 0 aromatic heterocycles. The molecule has 1 fully saturated rings. The fourth-order valence-electron chi connectivity index (χ4n) is 6.33. The molecule has 1 aliphatic carbocycles. The van der Waals surface area contributed by atoms with Gasteiger partial charge in [0.05, 0.1) is 30.9 Å². The highest BCUT2D eigenvalue weighted by atomic mass is 35.5. The minimum atomic E-state index is -0.895. The summed E-state index contributed by atoms with van der Waals surface area (Å²) in [7, 11) is 1.75. The predicted molar refractivity (Wildman–Crippen MR) is 156 cm³/mol. The van der Waals surface area contributed by atoms with E-state index in [0.29, 0.717) is 31.1 Å². The van der Waals surface area contributed by atoms with E-state index in [9.17, 15) is 15.0 Å². The maximum Gasteiger partial charge on any atom is 0.225 e. The van der Waals surface area contributed by atoms with Crippen LogP contribution in [0.1, 0.15) is 67.7 Å². The van der Waals surface area contributed by atoms with Gasteiger partial charge in [0, 0.05) is 37.6 Å². The van der Waals surface area contributed by atoms with Gasteiger partial charge in [-0.3, -0.25) is 4.79 Å². The first-order valence-electron chi connectivity index (χ1n) is 14.4. The Bertz CT molecular complexity index is 1200. The number of nitrogens with zero attached hydrogens (tertiary/aromatic N) is 2. The van der Waals surface area contributed by atoms with Crippen molar-refractivity contribution in [2.24, 2.45) is 11.8 Å². The molecule has 7 heteroatoms. The lowest BCUT2D eigenvalue weighted by atomic mass is 9.69. The van der Waals surface area contributed by atoms with E-state index < -0.39 is 12.2 Å². The molecule has 5 atom stereocenters. The molecule has 39 heavy (non-hydrogen) atoms. The topological polar surface area (TPSA) is 73.2 Å². The molecule has 2 aliphatic heterocycles. The molecule has 2 bridgehead atoms. The fourth-order valence-corrected chi connectivity index (χ4v) is 6.53. The Kier molecular flexibility index (Phi) is 8.85. The number of ether oxygens (including phenoxy) is 1. The third kappa shape index (κ3) is 6.29. The van der Waals surface area contributed by atoms with Crippen LogP contribution in [-0.4, -0.2) is 60.4 Å². The van der Waals surface area contributed by atoms with Gasteiger partial charge in [-0.25, -0.2) is 0 Å². The zero-order valence-electron chi connectivity index (χ0n) is 23.1. The van der Waals surface area contributed by atoms with Crippen LogP contribution in [0.2, 0.25) is 5.02 Å². The molecule has 210 valence electrons. The summed E-state index contributed by atoms with van der Waals surface area (Å²) in [5.74, 6) is 1.45. The van der Waals surface area contributed by atoms with Gasteiger partial charge in [-0.15, -0.1) is 0 Å². The monoisotopic (exact) mass is 552 g/mol. The van der Waals surface area contributed by atoms with Crippen LogP contribution in [0.3, 0.4) is 0 Å². The number of fused-ring (bicyclic) bond motifs is 2. The summed E-state index contributed by atoms with van der Waals surface area (Å²) in [6.45, 7) is 4.78. The number of hydrogen-bond acceptors (Lipinski definition) is 5. The van der Waals surface area contributed by atoms with Crippen LogP contribution in [0, 0.1) is 11.8 Å². The number of rotatable bonds is 3. The minimum absolute atomic E-state index is 0.0189. The molecule has 5 rings (SSSR count). The average Bonchev–Trinajstić information content (AvgIpc) is 3.07. The largest absolute Gasteiger partial charge is 0.491 e. The van der Waals surface area contributed by atoms with Crippen LogP contribution in [0.4, 0.5) is 5.69 Å². The molecular weight excluding hydrogens is 512 g/mol. The molecule has 2 aromatic carbocycles. The smallest absolute Gasteiger partial charge is 0.225 e. The lowest BCUT2D eigenvalue weighted by Gasteiger charge is -2.43. The molecule has 0 saturated heterocycles. The van der Waals surface area contributed by atoms with Crippen molar-refractivity contribution in [2.45, 2.75) is 63.6 Å². The molecule has 2 heterocycles. The first-order chi connectivity index (χ1) is 18.8. The number of amides is 1. The number of carbonyl (C=O) groups is 1. The molecule has 1 amide bonds. The summed E-state index contributed by atoms with van der Waals surface area (Å²) in [6.07, 6.45) is 7.35.